The Kier molecular flexibility index (Phi) is 3.98. The van der Waals surface area contributed by atoms with Gasteiger partial charge in [-0.15, -0.1) is 0 Å². The second kappa shape index (κ2) is 6.25. The van der Waals surface area contributed by atoms with Gasteiger partial charge in [-0.3, -0.25) is 4.79 Å². The maximum atomic E-state index is 12.0. The summed E-state index contributed by atoms with van der Waals surface area (Å²) in [7, 11) is 0. The molecule has 0 aliphatic heterocycles. The molecule has 0 saturated carbocycles. The molecule has 0 fully saturated rings. The summed E-state index contributed by atoms with van der Waals surface area (Å²) in [6.07, 6.45) is 1.15. The molecule has 1 heterocycles. The van der Waals surface area contributed by atoms with Crippen LogP contribution in [0.15, 0.2) is 53.6 Å². The molecular weight excluding hydrogens is 310 g/mol. The molecular formula is C17H13N3O4. The molecule has 120 valence electrons. The molecule has 1 amide bonds. The molecule has 0 atom stereocenters. The largest absolute Gasteiger partial charge is 0.504 e. The summed E-state index contributed by atoms with van der Waals surface area (Å²) in [5.41, 5.74) is 3.31. The van der Waals surface area contributed by atoms with Gasteiger partial charge in [0.15, 0.2) is 11.5 Å². The summed E-state index contributed by atoms with van der Waals surface area (Å²) in [6.45, 7) is 0. The minimum Gasteiger partial charge on any atom is -0.504 e. The number of benzene rings is 2. The van der Waals surface area contributed by atoms with Crippen LogP contribution in [0.1, 0.15) is 16.1 Å². The molecule has 2 aromatic carbocycles. The minimum absolute atomic E-state index is 0.136. The molecule has 0 unspecified atom stereocenters. The fourth-order valence-electron chi connectivity index (χ4n) is 2.10. The first-order chi connectivity index (χ1) is 11.6. The number of fused-ring (bicyclic) bond motifs is 1. The van der Waals surface area contributed by atoms with Crippen LogP contribution in [-0.2, 0) is 0 Å². The van der Waals surface area contributed by atoms with Gasteiger partial charge in [0.05, 0.1) is 11.7 Å². The van der Waals surface area contributed by atoms with E-state index < -0.39 is 23.2 Å². The first-order valence-electron chi connectivity index (χ1n) is 6.99. The van der Waals surface area contributed by atoms with Crippen LogP contribution in [-0.4, -0.2) is 32.4 Å². The van der Waals surface area contributed by atoms with Crippen molar-refractivity contribution in [2.45, 2.75) is 0 Å². The Morgan fingerprint density at radius 2 is 1.79 bits per heavy atom. The quantitative estimate of drug-likeness (QED) is 0.335. The average Bonchev–Trinajstić information content (AvgIpc) is 2.61. The average molecular weight is 323 g/mol. The van der Waals surface area contributed by atoms with Gasteiger partial charge in [0.1, 0.15) is 5.69 Å². The maximum absolute atomic E-state index is 12.0. The zero-order valence-electron chi connectivity index (χ0n) is 12.3. The molecule has 0 aliphatic carbocycles. The van der Waals surface area contributed by atoms with Crippen molar-refractivity contribution in [2.24, 2.45) is 5.10 Å². The van der Waals surface area contributed by atoms with Crippen molar-refractivity contribution in [2.75, 3.05) is 0 Å². The number of hydrogen-bond donors (Lipinski definition) is 4. The third kappa shape index (κ3) is 2.95. The third-order valence-electron chi connectivity index (χ3n) is 3.36. The van der Waals surface area contributed by atoms with Crippen LogP contribution >= 0.6 is 0 Å². The number of nitrogens with one attached hydrogen (secondary N) is 1. The summed E-state index contributed by atoms with van der Waals surface area (Å²) in [5.74, 6) is -2.15. The van der Waals surface area contributed by atoms with Gasteiger partial charge < -0.3 is 15.3 Å². The minimum atomic E-state index is -0.651. The zero-order valence-corrected chi connectivity index (χ0v) is 12.3. The lowest BCUT2D eigenvalue weighted by Gasteiger charge is -2.04. The van der Waals surface area contributed by atoms with E-state index in [1.54, 1.807) is 18.2 Å². The van der Waals surface area contributed by atoms with Crippen LogP contribution in [0.3, 0.4) is 0 Å². The van der Waals surface area contributed by atoms with Crippen LogP contribution in [0.4, 0.5) is 0 Å². The van der Waals surface area contributed by atoms with Crippen LogP contribution in [0.25, 0.3) is 10.9 Å². The normalized spacial score (nSPS) is 11.0. The number of amides is 1. The fourth-order valence-corrected chi connectivity index (χ4v) is 2.10. The zero-order chi connectivity index (χ0) is 17.1. The number of hydrogen-bond acceptors (Lipinski definition) is 6. The number of carbonyl (C=O) groups is 1. The van der Waals surface area contributed by atoms with E-state index in [0.717, 1.165) is 11.6 Å². The number of aromatic hydroxyl groups is 3. The van der Waals surface area contributed by atoms with Gasteiger partial charge in [0, 0.05) is 10.9 Å². The lowest BCUT2D eigenvalue weighted by Crippen LogP contribution is -2.18. The molecule has 4 N–H and O–H groups in total. The Balaban J connectivity index is 1.76. The highest BCUT2D eigenvalue weighted by atomic mass is 16.3. The van der Waals surface area contributed by atoms with Crippen molar-refractivity contribution in [3.63, 3.8) is 0 Å². The van der Waals surface area contributed by atoms with Gasteiger partial charge in [0.2, 0.25) is 5.75 Å². The summed E-state index contributed by atoms with van der Waals surface area (Å²) in [6, 6.07) is 13.3. The Morgan fingerprint density at radius 1 is 1.00 bits per heavy atom. The Labute approximate surface area is 136 Å². The standard InChI is InChI=1S/C17H13N3O4/c21-14-8-6-11(15(22)16(14)23)9-18-20-17(24)13-7-5-10-3-1-2-4-12(10)19-13/h1-9,21-23H,(H,20,24)/b18-9+. The van der Waals surface area contributed by atoms with E-state index in [9.17, 15) is 20.1 Å². The van der Waals surface area contributed by atoms with Crippen molar-refractivity contribution in [1.82, 2.24) is 10.4 Å². The van der Waals surface area contributed by atoms with Crippen LogP contribution in [0, 0.1) is 0 Å². The highest BCUT2D eigenvalue weighted by molar-refractivity contribution is 5.95. The summed E-state index contributed by atoms with van der Waals surface area (Å²) >= 11 is 0. The second-order valence-electron chi connectivity index (χ2n) is 4.96. The molecule has 7 nitrogen and oxygen atoms in total. The Bertz CT molecular complexity index is 954. The number of para-hydroxylation sites is 1. The predicted molar refractivity (Wildman–Crippen MR) is 88.2 cm³/mol. The number of pyridine rings is 1. The van der Waals surface area contributed by atoms with Gasteiger partial charge in [-0.2, -0.15) is 5.10 Å². The van der Waals surface area contributed by atoms with E-state index >= 15 is 0 Å². The van der Waals surface area contributed by atoms with E-state index in [4.69, 9.17) is 0 Å². The van der Waals surface area contributed by atoms with Crippen molar-refractivity contribution in [3.8, 4) is 17.2 Å². The molecule has 0 radical (unpaired) electrons. The molecule has 0 aliphatic rings. The van der Waals surface area contributed by atoms with Crippen molar-refractivity contribution < 1.29 is 20.1 Å². The number of phenols is 3. The van der Waals surface area contributed by atoms with Crippen LogP contribution < -0.4 is 5.43 Å². The third-order valence-corrected chi connectivity index (χ3v) is 3.36. The predicted octanol–water partition coefficient (Wildman–Crippen LogP) is 2.12. The maximum Gasteiger partial charge on any atom is 0.289 e. The van der Waals surface area contributed by atoms with Crippen molar-refractivity contribution >= 4 is 23.0 Å². The van der Waals surface area contributed by atoms with Crippen molar-refractivity contribution in [1.29, 1.82) is 0 Å². The van der Waals surface area contributed by atoms with Crippen LogP contribution in [0.2, 0.25) is 0 Å². The molecule has 0 saturated heterocycles. The second-order valence-corrected chi connectivity index (χ2v) is 4.96. The molecule has 1 aromatic heterocycles. The molecule has 3 rings (SSSR count). The summed E-state index contributed by atoms with van der Waals surface area (Å²) in [5, 5.41) is 32.9. The van der Waals surface area contributed by atoms with Gasteiger partial charge in [-0.1, -0.05) is 24.3 Å². The lowest BCUT2D eigenvalue weighted by molar-refractivity contribution is 0.0950. The number of phenolic OH excluding ortho intramolecular Hbond substituents is 3. The van der Waals surface area contributed by atoms with Gasteiger partial charge in [-0.05, 0) is 24.3 Å². The topological polar surface area (TPSA) is 115 Å². The molecule has 0 spiro atoms. The van der Waals surface area contributed by atoms with E-state index in [1.807, 2.05) is 18.2 Å². The first kappa shape index (κ1) is 15.3. The number of rotatable bonds is 3. The highest BCUT2D eigenvalue weighted by Crippen LogP contribution is 2.36. The first-order valence-corrected chi connectivity index (χ1v) is 6.99. The molecule has 0 bridgehead atoms. The highest BCUT2D eigenvalue weighted by Gasteiger charge is 2.10. The monoisotopic (exact) mass is 323 g/mol. The summed E-state index contributed by atoms with van der Waals surface area (Å²) < 4.78 is 0. The smallest absolute Gasteiger partial charge is 0.289 e. The van der Waals surface area contributed by atoms with Gasteiger partial charge in [0.25, 0.3) is 5.91 Å². The number of nitrogens with zero attached hydrogens (tertiary/aromatic N) is 2. The van der Waals surface area contributed by atoms with E-state index in [1.165, 1.54) is 12.1 Å². The van der Waals surface area contributed by atoms with E-state index in [0.29, 0.717) is 5.52 Å². The molecule has 3 aromatic rings. The van der Waals surface area contributed by atoms with E-state index in [2.05, 4.69) is 15.5 Å². The number of carbonyl (C=O) groups excluding carboxylic acids is 1. The van der Waals surface area contributed by atoms with Crippen LogP contribution in [0.5, 0.6) is 17.2 Å². The Hall–Kier alpha value is -3.61. The Morgan fingerprint density at radius 3 is 2.62 bits per heavy atom. The number of aromatic nitrogens is 1. The van der Waals surface area contributed by atoms with Gasteiger partial charge >= 0.3 is 0 Å². The fraction of sp³-hybridized carbons (Fsp3) is 0. The van der Waals surface area contributed by atoms with Gasteiger partial charge in [-0.25, -0.2) is 10.4 Å². The number of hydrazone groups is 1. The molecule has 7 heteroatoms. The summed E-state index contributed by atoms with van der Waals surface area (Å²) in [4.78, 5) is 16.3. The lowest BCUT2D eigenvalue weighted by atomic mass is 10.2. The SMILES string of the molecule is O=C(N/N=C/c1ccc(O)c(O)c1O)c1ccc2ccccc2n1. The molecule has 24 heavy (non-hydrogen) atoms. The van der Waals surface area contributed by atoms with E-state index in [-0.39, 0.29) is 11.3 Å². The van der Waals surface area contributed by atoms with Crippen molar-refractivity contribution in [3.05, 3.63) is 59.8 Å².